The number of carbonyl (C=O) groups is 1. The molecule has 0 aliphatic carbocycles. The van der Waals surface area contributed by atoms with Gasteiger partial charge in [0.05, 0.1) is 23.3 Å². The van der Waals surface area contributed by atoms with Crippen molar-refractivity contribution in [3.05, 3.63) is 35.0 Å². The lowest BCUT2D eigenvalue weighted by molar-refractivity contribution is -0.0366. The fourth-order valence-corrected chi connectivity index (χ4v) is 3.54. The number of likely N-dealkylation sites (tertiary alicyclic amines) is 1. The molecule has 7 heteroatoms. The van der Waals surface area contributed by atoms with E-state index in [9.17, 15) is 9.90 Å². The number of piperidine rings is 1. The molecule has 6 nitrogen and oxygen atoms in total. The molecule has 27 heavy (non-hydrogen) atoms. The summed E-state index contributed by atoms with van der Waals surface area (Å²) in [7, 11) is 1.56. The standard InChI is InChI=1S/C20H25ClN2O4/c1-19(2,3)27-18(24)23-9-6-20(25,7-10-23)14-11-13-15(21)5-8-22-16(13)12-17(14)26-4/h5,8,11-12,25H,6-7,9-10H2,1-4H3. The van der Waals surface area contributed by atoms with Gasteiger partial charge in [0.2, 0.25) is 0 Å². The lowest BCUT2D eigenvalue weighted by Crippen LogP contribution is -2.46. The van der Waals surface area contributed by atoms with Crippen molar-refractivity contribution >= 4 is 28.6 Å². The van der Waals surface area contributed by atoms with Crippen molar-refractivity contribution in [3.63, 3.8) is 0 Å². The normalized spacial score (nSPS) is 17.0. The number of halogens is 1. The van der Waals surface area contributed by atoms with Crippen molar-refractivity contribution in [2.45, 2.75) is 44.8 Å². The van der Waals surface area contributed by atoms with E-state index in [0.29, 0.717) is 47.8 Å². The van der Waals surface area contributed by atoms with Crippen molar-refractivity contribution in [2.24, 2.45) is 0 Å². The van der Waals surface area contributed by atoms with Crippen LogP contribution in [0.5, 0.6) is 5.75 Å². The zero-order valence-electron chi connectivity index (χ0n) is 16.1. The highest BCUT2D eigenvalue weighted by Gasteiger charge is 2.39. The van der Waals surface area contributed by atoms with Gasteiger partial charge in [-0.1, -0.05) is 11.6 Å². The second-order valence-corrected chi connectivity index (χ2v) is 8.27. The first-order valence-electron chi connectivity index (χ1n) is 8.96. The highest BCUT2D eigenvalue weighted by atomic mass is 35.5. The molecule has 1 amide bonds. The number of benzene rings is 1. The summed E-state index contributed by atoms with van der Waals surface area (Å²) >= 11 is 6.30. The Labute approximate surface area is 164 Å². The van der Waals surface area contributed by atoms with Gasteiger partial charge in [0, 0.05) is 36.3 Å². The first-order chi connectivity index (χ1) is 12.6. The van der Waals surface area contributed by atoms with E-state index in [1.807, 2.05) is 26.8 Å². The Morgan fingerprint density at radius 2 is 1.96 bits per heavy atom. The summed E-state index contributed by atoms with van der Waals surface area (Å²) < 4.78 is 10.9. The highest BCUT2D eigenvalue weighted by molar-refractivity contribution is 6.35. The van der Waals surface area contributed by atoms with Gasteiger partial charge < -0.3 is 19.5 Å². The monoisotopic (exact) mass is 392 g/mol. The minimum atomic E-state index is -1.11. The molecule has 1 fully saturated rings. The van der Waals surface area contributed by atoms with Gasteiger partial charge in [0.15, 0.2) is 0 Å². The molecule has 1 aliphatic rings. The van der Waals surface area contributed by atoms with Crippen LogP contribution in [0, 0.1) is 0 Å². The van der Waals surface area contributed by atoms with Gasteiger partial charge in [-0.2, -0.15) is 0 Å². The molecule has 3 rings (SSSR count). The van der Waals surface area contributed by atoms with Gasteiger partial charge in [-0.15, -0.1) is 0 Å². The molecule has 0 saturated carbocycles. The van der Waals surface area contributed by atoms with Crippen LogP contribution in [-0.2, 0) is 10.3 Å². The number of methoxy groups -OCH3 is 1. The maximum absolute atomic E-state index is 12.3. The minimum Gasteiger partial charge on any atom is -0.496 e. The molecule has 2 heterocycles. The number of hydrogen-bond donors (Lipinski definition) is 1. The lowest BCUT2D eigenvalue weighted by atomic mass is 9.83. The second-order valence-electron chi connectivity index (χ2n) is 7.86. The average Bonchev–Trinajstić information content (AvgIpc) is 2.60. The van der Waals surface area contributed by atoms with Crippen LogP contribution in [0.4, 0.5) is 4.79 Å². The number of aliphatic hydroxyl groups is 1. The third-order valence-corrected chi connectivity index (χ3v) is 5.08. The first kappa shape index (κ1) is 19.7. The van der Waals surface area contributed by atoms with E-state index < -0.39 is 11.2 Å². The Kier molecular flexibility index (Phi) is 5.23. The topological polar surface area (TPSA) is 71.9 Å². The molecule has 0 unspecified atom stereocenters. The molecule has 146 valence electrons. The van der Waals surface area contributed by atoms with Gasteiger partial charge in [0.1, 0.15) is 11.4 Å². The van der Waals surface area contributed by atoms with Crippen LogP contribution in [0.15, 0.2) is 24.4 Å². The van der Waals surface area contributed by atoms with E-state index in [-0.39, 0.29) is 6.09 Å². The minimum absolute atomic E-state index is 0.359. The van der Waals surface area contributed by atoms with Gasteiger partial charge >= 0.3 is 6.09 Å². The maximum Gasteiger partial charge on any atom is 0.410 e. The number of pyridine rings is 1. The van der Waals surface area contributed by atoms with E-state index in [1.54, 1.807) is 30.3 Å². The van der Waals surface area contributed by atoms with Gasteiger partial charge in [0.25, 0.3) is 0 Å². The Bertz CT molecular complexity index is 855. The molecule has 1 N–H and O–H groups in total. The molecule has 0 spiro atoms. The Morgan fingerprint density at radius 1 is 1.30 bits per heavy atom. The van der Waals surface area contributed by atoms with Crippen molar-refractivity contribution in [1.29, 1.82) is 0 Å². The van der Waals surface area contributed by atoms with Gasteiger partial charge in [-0.05, 0) is 45.7 Å². The number of nitrogens with zero attached hydrogens (tertiary/aromatic N) is 2. The molecule has 2 aromatic rings. The SMILES string of the molecule is COc1cc2nccc(Cl)c2cc1C1(O)CCN(C(=O)OC(C)(C)C)CC1. The van der Waals surface area contributed by atoms with Crippen LogP contribution in [0.2, 0.25) is 5.02 Å². The van der Waals surface area contributed by atoms with Crippen molar-refractivity contribution < 1.29 is 19.4 Å². The third kappa shape index (κ3) is 4.12. The third-order valence-electron chi connectivity index (χ3n) is 4.75. The molecule has 1 aliphatic heterocycles. The van der Waals surface area contributed by atoms with Crippen LogP contribution in [0.25, 0.3) is 10.9 Å². The van der Waals surface area contributed by atoms with E-state index >= 15 is 0 Å². The predicted molar refractivity (Wildman–Crippen MR) is 104 cm³/mol. The fraction of sp³-hybridized carbons (Fsp3) is 0.500. The van der Waals surface area contributed by atoms with Crippen LogP contribution in [-0.4, -0.2) is 46.9 Å². The summed E-state index contributed by atoms with van der Waals surface area (Å²) in [5.74, 6) is 0.561. The highest BCUT2D eigenvalue weighted by Crippen LogP contribution is 2.41. The Morgan fingerprint density at radius 3 is 2.56 bits per heavy atom. The van der Waals surface area contributed by atoms with Crippen molar-refractivity contribution in [3.8, 4) is 5.75 Å². The number of aromatic nitrogens is 1. The molecule has 1 saturated heterocycles. The molecule has 0 radical (unpaired) electrons. The summed E-state index contributed by atoms with van der Waals surface area (Å²) in [4.78, 5) is 18.2. The number of rotatable bonds is 2. The molecular formula is C20H25ClN2O4. The summed E-state index contributed by atoms with van der Waals surface area (Å²) in [6, 6.07) is 5.34. The zero-order chi connectivity index (χ0) is 19.8. The Hall–Kier alpha value is -2.05. The smallest absolute Gasteiger partial charge is 0.410 e. The quantitative estimate of drug-likeness (QED) is 0.832. The van der Waals surface area contributed by atoms with Crippen LogP contribution in [0.1, 0.15) is 39.2 Å². The molecule has 1 aromatic carbocycles. The molecular weight excluding hydrogens is 368 g/mol. The molecule has 1 aromatic heterocycles. The lowest BCUT2D eigenvalue weighted by Gasteiger charge is -2.39. The predicted octanol–water partition coefficient (Wildman–Crippen LogP) is 4.12. The number of amides is 1. The van der Waals surface area contributed by atoms with Crippen LogP contribution < -0.4 is 4.74 Å². The number of hydrogen-bond acceptors (Lipinski definition) is 5. The van der Waals surface area contributed by atoms with E-state index in [0.717, 1.165) is 5.39 Å². The zero-order valence-corrected chi connectivity index (χ0v) is 16.8. The van der Waals surface area contributed by atoms with Gasteiger partial charge in [-0.25, -0.2) is 4.79 Å². The van der Waals surface area contributed by atoms with Gasteiger partial charge in [-0.3, -0.25) is 4.98 Å². The van der Waals surface area contributed by atoms with Crippen LogP contribution >= 0.6 is 11.6 Å². The summed E-state index contributed by atoms with van der Waals surface area (Å²) in [6.07, 6.45) is 2.04. The Balaban J connectivity index is 1.86. The number of ether oxygens (including phenoxy) is 2. The van der Waals surface area contributed by atoms with Crippen molar-refractivity contribution in [1.82, 2.24) is 9.88 Å². The van der Waals surface area contributed by atoms with Crippen molar-refractivity contribution in [2.75, 3.05) is 20.2 Å². The summed E-state index contributed by atoms with van der Waals surface area (Å²) in [6.45, 7) is 6.30. The molecule has 0 atom stereocenters. The first-order valence-corrected chi connectivity index (χ1v) is 9.34. The summed E-state index contributed by atoms with van der Waals surface area (Å²) in [5.41, 5.74) is -0.290. The average molecular weight is 393 g/mol. The number of fused-ring (bicyclic) bond motifs is 1. The van der Waals surface area contributed by atoms with E-state index in [4.69, 9.17) is 21.1 Å². The fourth-order valence-electron chi connectivity index (χ4n) is 3.33. The van der Waals surface area contributed by atoms with E-state index in [1.165, 1.54) is 0 Å². The maximum atomic E-state index is 12.3. The van der Waals surface area contributed by atoms with E-state index in [2.05, 4.69) is 4.98 Å². The molecule has 0 bridgehead atoms. The second kappa shape index (κ2) is 7.17. The summed E-state index contributed by atoms with van der Waals surface area (Å²) in [5, 5.41) is 12.6. The largest absolute Gasteiger partial charge is 0.496 e. The van der Waals surface area contributed by atoms with Crippen LogP contribution in [0.3, 0.4) is 0 Å². The number of carbonyl (C=O) groups excluding carboxylic acids is 1.